The van der Waals surface area contributed by atoms with Crippen molar-refractivity contribution in [2.75, 3.05) is 31.1 Å². The molecule has 140 valence electrons. The van der Waals surface area contributed by atoms with E-state index in [-0.39, 0.29) is 5.56 Å². The zero-order valence-electron chi connectivity index (χ0n) is 15.7. The van der Waals surface area contributed by atoms with Crippen LogP contribution in [0.3, 0.4) is 0 Å². The van der Waals surface area contributed by atoms with Gasteiger partial charge in [0.1, 0.15) is 17.8 Å². The van der Waals surface area contributed by atoms with Crippen LogP contribution in [0.15, 0.2) is 23.3 Å². The Labute approximate surface area is 154 Å². The molecule has 2 fully saturated rings. The van der Waals surface area contributed by atoms with Gasteiger partial charge in [-0.3, -0.25) is 4.79 Å². The number of nitrogens with zero attached hydrogens (tertiary/aromatic N) is 5. The number of hydrogen-bond donors (Lipinski definition) is 0. The summed E-state index contributed by atoms with van der Waals surface area (Å²) in [5.74, 6) is 0.991. The van der Waals surface area contributed by atoms with E-state index in [1.807, 2.05) is 16.7 Å². The Kier molecular flexibility index (Phi) is 5.20. The molecule has 0 atom stereocenters. The number of aromatic nitrogens is 3. The Hall–Kier alpha value is -1.95. The summed E-state index contributed by atoms with van der Waals surface area (Å²) in [5.41, 5.74) is 0.581. The van der Waals surface area contributed by atoms with Crippen molar-refractivity contribution in [3.8, 4) is 0 Å². The molecule has 2 saturated heterocycles. The first-order chi connectivity index (χ1) is 12.8. The Morgan fingerprint density at radius 3 is 2.58 bits per heavy atom. The minimum absolute atomic E-state index is 0.185. The fourth-order valence-corrected chi connectivity index (χ4v) is 4.39. The Balaban J connectivity index is 1.52. The van der Waals surface area contributed by atoms with E-state index in [4.69, 9.17) is 4.98 Å². The van der Waals surface area contributed by atoms with Crippen molar-refractivity contribution in [2.24, 2.45) is 0 Å². The molecule has 6 heteroatoms. The molecule has 26 heavy (non-hydrogen) atoms. The van der Waals surface area contributed by atoms with Gasteiger partial charge in [-0.05, 0) is 57.3 Å². The highest BCUT2D eigenvalue weighted by atomic mass is 16.1. The average Bonchev–Trinajstić information content (AvgIpc) is 2.71. The first-order valence-corrected chi connectivity index (χ1v) is 10.1. The number of likely N-dealkylation sites (tertiary alicyclic amines) is 1. The molecular formula is C20H29N5O. The summed E-state index contributed by atoms with van der Waals surface area (Å²) >= 11 is 0. The molecule has 2 aromatic heterocycles. The summed E-state index contributed by atoms with van der Waals surface area (Å²) in [5, 5.41) is 0.618. The van der Waals surface area contributed by atoms with Crippen LogP contribution < -0.4 is 10.5 Å². The van der Waals surface area contributed by atoms with Gasteiger partial charge in [-0.15, -0.1) is 0 Å². The number of rotatable bonds is 4. The highest BCUT2D eigenvalue weighted by molar-refractivity contribution is 5.76. The molecule has 4 heterocycles. The molecule has 0 aliphatic carbocycles. The summed E-state index contributed by atoms with van der Waals surface area (Å²) in [6, 6.07) is 4.62. The van der Waals surface area contributed by atoms with Crippen molar-refractivity contribution in [2.45, 2.75) is 58.0 Å². The molecule has 0 saturated carbocycles. The van der Waals surface area contributed by atoms with Gasteiger partial charge in [0.05, 0.1) is 5.39 Å². The quantitative estimate of drug-likeness (QED) is 0.844. The molecule has 4 rings (SSSR count). The lowest BCUT2D eigenvalue weighted by Crippen LogP contribution is -2.47. The topological polar surface area (TPSA) is 54.3 Å². The predicted octanol–water partition coefficient (Wildman–Crippen LogP) is 2.66. The minimum atomic E-state index is -0.185. The number of pyridine rings is 1. The van der Waals surface area contributed by atoms with Crippen LogP contribution in [0, 0.1) is 0 Å². The van der Waals surface area contributed by atoms with Crippen LogP contribution in [0.25, 0.3) is 11.0 Å². The zero-order chi connectivity index (χ0) is 17.9. The van der Waals surface area contributed by atoms with E-state index in [1.165, 1.54) is 45.2 Å². The number of aryl methyl sites for hydroxylation is 1. The van der Waals surface area contributed by atoms with E-state index in [9.17, 15) is 4.79 Å². The van der Waals surface area contributed by atoms with Crippen LogP contribution in [0.4, 0.5) is 5.82 Å². The lowest BCUT2D eigenvalue weighted by molar-refractivity contribution is 0.141. The van der Waals surface area contributed by atoms with Crippen LogP contribution >= 0.6 is 0 Å². The van der Waals surface area contributed by atoms with Crippen molar-refractivity contribution in [3.63, 3.8) is 0 Å². The van der Waals surface area contributed by atoms with E-state index in [2.05, 4.69) is 21.7 Å². The molecule has 0 amide bonds. The molecule has 0 unspecified atom stereocenters. The highest BCUT2D eigenvalue weighted by Crippen LogP contribution is 2.24. The number of anilines is 1. The summed E-state index contributed by atoms with van der Waals surface area (Å²) in [7, 11) is 0. The van der Waals surface area contributed by atoms with Crippen LogP contribution in [0.5, 0.6) is 0 Å². The molecule has 6 nitrogen and oxygen atoms in total. The molecule has 0 bridgehead atoms. The third-order valence-electron chi connectivity index (χ3n) is 5.84. The monoisotopic (exact) mass is 355 g/mol. The van der Waals surface area contributed by atoms with Crippen LogP contribution in [0.1, 0.15) is 45.4 Å². The largest absolute Gasteiger partial charge is 0.356 e. The normalized spacial score (nSPS) is 20.0. The Morgan fingerprint density at radius 1 is 1.08 bits per heavy atom. The highest BCUT2D eigenvalue weighted by Gasteiger charge is 2.26. The van der Waals surface area contributed by atoms with Gasteiger partial charge in [0, 0.05) is 25.7 Å². The second-order valence-corrected chi connectivity index (χ2v) is 7.60. The summed E-state index contributed by atoms with van der Waals surface area (Å²) < 4.78 is 2.00. The number of piperidine rings is 2. The molecule has 0 aromatic carbocycles. The maximum absolute atomic E-state index is 12.1. The zero-order valence-corrected chi connectivity index (χ0v) is 15.7. The van der Waals surface area contributed by atoms with Gasteiger partial charge in [-0.1, -0.05) is 13.3 Å². The van der Waals surface area contributed by atoms with Crippen molar-refractivity contribution in [3.05, 3.63) is 28.8 Å². The van der Waals surface area contributed by atoms with Crippen LogP contribution in [-0.4, -0.2) is 51.7 Å². The van der Waals surface area contributed by atoms with Crippen LogP contribution in [0.2, 0.25) is 0 Å². The second kappa shape index (κ2) is 7.74. The van der Waals surface area contributed by atoms with E-state index in [0.29, 0.717) is 5.39 Å². The van der Waals surface area contributed by atoms with Crippen molar-refractivity contribution in [1.82, 2.24) is 19.4 Å². The average molecular weight is 355 g/mol. The lowest BCUT2D eigenvalue weighted by atomic mass is 10.00. The van der Waals surface area contributed by atoms with Gasteiger partial charge in [0.15, 0.2) is 0 Å². The van der Waals surface area contributed by atoms with E-state index >= 15 is 0 Å². The summed E-state index contributed by atoms with van der Waals surface area (Å²) in [4.78, 5) is 26.0. The standard InChI is InChI=1S/C20H29N5O/c1-2-10-25-15-21-20(26)17-6-7-18(22-19(17)25)24-13-8-16(9-14-24)23-11-4-3-5-12-23/h6-7,15-16H,2-5,8-14H2,1H3. The SMILES string of the molecule is CCCn1cnc(=O)c2ccc(N3CCC(N4CCCCC4)CC3)nc21. The van der Waals surface area contributed by atoms with E-state index in [1.54, 1.807) is 6.33 Å². The maximum atomic E-state index is 12.1. The van der Waals surface area contributed by atoms with Crippen LogP contribution in [-0.2, 0) is 6.54 Å². The maximum Gasteiger partial charge on any atom is 0.282 e. The number of hydrogen-bond acceptors (Lipinski definition) is 5. The molecule has 0 radical (unpaired) electrons. The molecule has 2 aliphatic heterocycles. The summed E-state index contributed by atoms with van der Waals surface area (Å²) in [6.07, 6.45) is 9.14. The molecule has 2 aliphatic rings. The fraction of sp³-hybridized carbons (Fsp3) is 0.650. The second-order valence-electron chi connectivity index (χ2n) is 7.60. The molecule has 0 spiro atoms. The number of fused-ring (bicyclic) bond motifs is 1. The van der Waals surface area contributed by atoms with E-state index in [0.717, 1.165) is 43.6 Å². The van der Waals surface area contributed by atoms with Gasteiger partial charge < -0.3 is 14.4 Å². The third-order valence-corrected chi connectivity index (χ3v) is 5.84. The molecule has 2 aromatic rings. The smallest absolute Gasteiger partial charge is 0.282 e. The Morgan fingerprint density at radius 2 is 1.85 bits per heavy atom. The summed E-state index contributed by atoms with van der Waals surface area (Å²) in [6.45, 7) is 7.59. The lowest BCUT2D eigenvalue weighted by Gasteiger charge is -2.40. The predicted molar refractivity (Wildman–Crippen MR) is 105 cm³/mol. The van der Waals surface area contributed by atoms with Gasteiger partial charge in [0.25, 0.3) is 5.56 Å². The van der Waals surface area contributed by atoms with E-state index < -0.39 is 0 Å². The minimum Gasteiger partial charge on any atom is -0.356 e. The van der Waals surface area contributed by atoms with Crippen molar-refractivity contribution in [1.29, 1.82) is 0 Å². The van der Waals surface area contributed by atoms with Crippen molar-refractivity contribution < 1.29 is 0 Å². The molecular weight excluding hydrogens is 326 g/mol. The van der Waals surface area contributed by atoms with Crippen molar-refractivity contribution >= 4 is 16.9 Å². The Bertz CT molecular complexity index is 803. The fourth-order valence-electron chi connectivity index (χ4n) is 4.39. The third kappa shape index (κ3) is 3.47. The van der Waals surface area contributed by atoms with Gasteiger partial charge in [0.2, 0.25) is 0 Å². The first kappa shape index (κ1) is 17.5. The van der Waals surface area contributed by atoms with Gasteiger partial charge in [-0.25, -0.2) is 4.98 Å². The van der Waals surface area contributed by atoms with Gasteiger partial charge in [-0.2, -0.15) is 4.98 Å². The first-order valence-electron chi connectivity index (χ1n) is 10.1. The molecule has 0 N–H and O–H groups in total. The van der Waals surface area contributed by atoms with Gasteiger partial charge >= 0.3 is 0 Å².